The first-order valence-corrected chi connectivity index (χ1v) is 9.28. The highest BCUT2D eigenvalue weighted by atomic mass is 32.2. The summed E-state index contributed by atoms with van der Waals surface area (Å²) in [5.41, 5.74) is 5.23. The fraction of sp³-hybridized carbons (Fsp3) is 0.235. The van der Waals surface area contributed by atoms with E-state index in [1.165, 1.54) is 30.2 Å². The Morgan fingerprint density at radius 2 is 2.18 bits per heavy atom. The van der Waals surface area contributed by atoms with Gasteiger partial charge in [0.25, 0.3) is 5.69 Å². The third kappa shape index (κ3) is 4.88. The molecule has 0 aliphatic carbocycles. The second kappa shape index (κ2) is 9.04. The molecule has 3 aromatic rings. The van der Waals surface area contributed by atoms with Crippen LogP contribution in [0.2, 0.25) is 0 Å². The molecule has 10 nitrogen and oxygen atoms in total. The lowest BCUT2D eigenvalue weighted by molar-refractivity contribution is -0.384. The second-order valence-corrected chi connectivity index (χ2v) is 6.66. The van der Waals surface area contributed by atoms with Gasteiger partial charge in [0.1, 0.15) is 5.75 Å². The molecule has 2 aromatic heterocycles. The molecule has 2 heterocycles. The average Bonchev–Trinajstić information content (AvgIpc) is 3.33. The Morgan fingerprint density at radius 1 is 1.32 bits per heavy atom. The van der Waals surface area contributed by atoms with Crippen LogP contribution in [0.4, 0.5) is 5.69 Å². The van der Waals surface area contributed by atoms with Crippen LogP contribution in [-0.4, -0.2) is 38.0 Å². The first-order valence-electron chi connectivity index (χ1n) is 8.30. The van der Waals surface area contributed by atoms with Gasteiger partial charge in [-0.1, -0.05) is 17.8 Å². The zero-order valence-electron chi connectivity index (χ0n) is 14.7. The molecule has 0 unspecified atom stereocenters. The summed E-state index contributed by atoms with van der Waals surface area (Å²) in [7, 11) is 0. The molecule has 11 heteroatoms. The fourth-order valence-corrected chi connectivity index (χ4v) is 3.17. The summed E-state index contributed by atoms with van der Waals surface area (Å²) < 4.78 is 12.7. The van der Waals surface area contributed by atoms with Gasteiger partial charge in [0.2, 0.25) is 5.91 Å². The van der Waals surface area contributed by atoms with Gasteiger partial charge in [0, 0.05) is 24.8 Å². The van der Waals surface area contributed by atoms with Crippen molar-refractivity contribution in [3.63, 3.8) is 0 Å². The van der Waals surface area contributed by atoms with Crippen LogP contribution in [-0.2, 0) is 11.3 Å². The van der Waals surface area contributed by atoms with Crippen LogP contribution in [0.3, 0.4) is 0 Å². The first-order chi connectivity index (χ1) is 13.5. The van der Waals surface area contributed by atoms with Crippen molar-refractivity contribution >= 4 is 23.4 Å². The van der Waals surface area contributed by atoms with Crippen molar-refractivity contribution in [2.24, 2.45) is 5.73 Å². The number of ether oxygens (including phenoxy) is 1. The Hall–Kier alpha value is -3.34. The minimum Gasteiger partial charge on any atom is -0.492 e. The van der Waals surface area contributed by atoms with Crippen LogP contribution in [0.15, 0.2) is 52.2 Å². The Labute approximate surface area is 163 Å². The molecule has 3 rings (SSSR count). The predicted molar refractivity (Wildman–Crippen MR) is 101 cm³/mol. The van der Waals surface area contributed by atoms with Gasteiger partial charge >= 0.3 is 0 Å². The molecule has 0 atom stereocenters. The van der Waals surface area contributed by atoms with Gasteiger partial charge in [-0.15, -0.1) is 10.2 Å². The van der Waals surface area contributed by atoms with Crippen LogP contribution in [0.1, 0.15) is 6.42 Å². The number of non-ortho nitro benzene ring substituents is 1. The quantitative estimate of drug-likeness (QED) is 0.236. The number of nitrogens with two attached hydrogens (primary N) is 1. The van der Waals surface area contributed by atoms with Crippen molar-refractivity contribution < 1.29 is 18.9 Å². The van der Waals surface area contributed by atoms with Crippen molar-refractivity contribution in [1.82, 2.24) is 14.8 Å². The Balaban J connectivity index is 1.63. The van der Waals surface area contributed by atoms with E-state index in [2.05, 4.69) is 10.2 Å². The molecule has 0 saturated heterocycles. The highest BCUT2D eigenvalue weighted by Crippen LogP contribution is 2.25. The number of thioether (sulfide) groups is 1. The highest BCUT2D eigenvalue weighted by molar-refractivity contribution is 7.99. The number of carbonyl (C=O) groups is 1. The molecule has 0 bridgehead atoms. The summed E-state index contributed by atoms with van der Waals surface area (Å²) in [4.78, 5) is 21.5. The number of hydrogen-bond acceptors (Lipinski definition) is 8. The minimum atomic E-state index is -0.473. The molecule has 28 heavy (non-hydrogen) atoms. The maximum atomic E-state index is 11.2. The van der Waals surface area contributed by atoms with Crippen LogP contribution >= 0.6 is 11.8 Å². The van der Waals surface area contributed by atoms with Crippen molar-refractivity contribution in [3.05, 3.63) is 52.8 Å². The molecule has 2 N–H and O–H groups in total. The molecule has 1 aromatic carbocycles. The molecule has 0 spiro atoms. The molecule has 0 saturated carbocycles. The Morgan fingerprint density at radius 3 is 2.89 bits per heavy atom. The molecule has 1 amide bonds. The van der Waals surface area contributed by atoms with Gasteiger partial charge in [0.05, 0.1) is 23.9 Å². The van der Waals surface area contributed by atoms with Crippen LogP contribution in [0.25, 0.3) is 11.6 Å². The van der Waals surface area contributed by atoms with Gasteiger partial charge < -0.3 is 14.9 Å². The Bertz CT molecular complexity index is 957. The SMILES string of the molecule is NC(=O)CCn1c(SCCOc2cccc([N+](=O)[O-])c2)nnc1-c1ccco1. The standard InChI is InChI=1S/C17H17N5O5S/c18-15(23)6-7-21-16(14-5-2-8-27-14)19-20-17(21)28-10-9-26-13-4-1-3-12(11-13)22(24)25/h1-5,8,11H,6-7,9-10H2,(H2,18,23). The summed E-state index contributed by atoms with van der Waals surface area (Å²) in [5, 5.41) is 19.7. The van der Waals surface area contributed by atoms with E-state index in [1.54, 1.807) is 28.8 Å². The second-order valence-electron chi connectivity index (χ2n) is 5.60. The lowest BCUT2D eigenvalue weighted by Gasteiger charge is -2.08. The van der Waals surface area contributed by atoms with E-state index in [9.17, 15) is 14.9 Å². The van der Waals surface area contributed by atoms with Crippen molar-refractivity contribution in [1.29, 1.82) is 0 Å². The van der Waals surface area contributed by atoms with Crippen LogP contribution in [0.5, 0.6) is 5.75 Å². The number of nitro groups is 1. The molecule has 0 aliphatic rings. The van der Waals surface area contributed by atoms with Gasteiger partial charge in [-0.2, -0.15) is 0 Å². The third-order valence-corrected chi connectivity index (χ3v) is 4.58. The van der Waals surface area contributed by atoms with E-state index in [0.717, 1.165) is 0 Å². The van der Waals surface area contributed by atoms with Crippen molar-refractivity contribution in [3.8, 4) is 17.3 Å². The van der Waals surface area contributed by atoms with E-state index in [-0.39, 0.29) is 12.1 Å². The lowest BCUT2D eigenvalue weighted by Crippen LogP contribution is -2.15. The number of hydrogen-bond donors (Lipinski definition) is 1. The van der Waals surface area contributed by atoms with Gasteiger partial charge in [-0.05, 0) is 18.2 Å². The first kappa shape index (κ1) is 19.4. The highest BCUT2D eigenvalue weighted by Gasteiger charge is 2.17. The lowest BCUT2D eigenvalue weighted by atomic mass is 10.3. The average molecular weight is 403 g/mol. The van der Waals surface area contributed by atoms with Gasteiger partial charge in [-0.25, -0.2) is 0 Å². The smallest absolute Gasteiger partial charge is 0.273 e. The monoisotopic (exact) mass is 403 g/mol. The molecule has 0 fully saturated rings. The van der Waals surface area contributed by atoms with E-state index >= 15 is 0 Å². The number of benzene rings is 1. The van der Waals surface area contributed by atoms with Crippen LogP contribution < -0.4 is 10.5 Å². The summed E-state index contributed by atoms with van der Waals surface area (Å²) in [5.74, 6) is 1.56. The summed E-state index contributed by atoms with van der Waals surface area (Å²) in [6.07, 6.45) is 1.67. The van der Waals surface area contributed by atoms with E-state index < -0.39 is 10.8 Å². The minimum absolute atomic E-state index is 0.0283. The van der Waals surface area contributed by atoms with Gasteiger partial charge in [-0.3, -0.25) is 19.5 Å². The normalized spacial score (nSPS) is 10.7. The summed E-state index contributed by atoms with van der Waals surface area (Å²) >= 11 is 1.38. The number of nitrogens with zero attached hydrogens (tertiary/aromatic N) is 4. The van der Waals surface area contributed by atoms with Crippen LogP contribution in [0, 0.1) is 10.1 Å². The largest absolute Gasteiger partial charge is 0.492 e. The number of aromatic nitrogens is 3. The topological polar surface area (TPSA) is 139 Å². The fourth-order valence-electron chi connectivity index (χ4n) is 2.39. The van der Waals surface area contributed by atoms with Gasteiger partial charge in [0.15, 0.2) is 16.7 Å². The number of carbonyl (C=O) groups excluding carboxylic acids is 1. The number of primary amides is 1. The maximum absolute atomic E-state index is 11.2. The number of nitro benzene ring substituents is 1. The molecule has 0 radical (unpaired) electrons. The zero-order chi connectivity index (χ0) is 19.9. The predicted octanol–water partition coefficient (Wildman–Crippen LogP) is 2.49. The molecular weight excluding hydrogens is 386 g/mol. The third-order valence-electron chi connectivity index (χ3n) is 3.65. The number of furan rings is 1. The number of amides is 1. The molecule has 0 aliphatic heterocycles. The van der Waals surface area contributed by atoms with E-state index in [4.69, 9.17) is 14.9 Å². The van der Waals surface area contributed by atoms with Crippen molar-refractivity contribution in [2.75, 3.05) is 12.4 Å². The molecular formula is C17H17N5O5S. The molecule has 146 valence electrons. The van der Waals surface area contributed by atoms with E-state index in [0.29, 0.717) is 41.4 Å². The Kier molecular flexibility index (Phi) is 6.27. The zero-order valence-corrected chi connectivity index (χ0v) is 15.5. The maximum Gasteiger partial charge on any atom is 0.273 e. The van der Waals surface area contributed by atoms with Crippen molar-refractivity contribution in [2.45, 2.75) is 18.1 Å². The number of rotatable bonds is 10. The summed E-state index contributed by atoms with van der Waals surface area (Å²) in [6, 6.07) is 9.49. The summed E-state index contributed by atoms with van der Waals surface area (Å²) in [6.45, 7) is 0.636. The van der Waals surface area contributed by atoms with E-state index in [1.807, 2.05) is 0 Å².